The molecule has 3 rings (SSSR count). The molecule has 1 aromatic carbocycles. The average molecular weight is 319 g/mol. The highest BCUT2D eigenvalue weighted by atomic mass is 16.5. The van der Waals surface area contributed by atoms with Crippen LogP contribution in [0.15, 0.2) is 30.3 Å². The molecular formula is C18H25NO4. The van der Waals surface area contributed by atoms with Gasteiger partial charge in [-0.25, -0.2) is 0 Å². The number of esters is 1. The molecule has 126 valence electrons. The van der Waals surface area contributed by atoms with Gasteiger partial charge in [0.2, 0.25) is 5.91 Å². The minimum absolute atomic E-state index is 0.107. The number of ether oxygens (including phenoxy) is 1. The summed E-state index contributed by atoms with van der Waals surface area (Å²) in [5, 5.41) is 7.00. The fourth-order valence-electron chi connectivity index (χ4n) is 3.29. The fourth-order valence-corrected chi connectivity index (χ4v) is 3.29. The van der Waals surface area contributed by atoms with E-state index in [1.165, 1.54) is 0 Å². The third-order valence-electron chi connectivity index (χ3n) is 4.68. The molecule has 2 aliphatic rings. The van der Waals surface area contributed by atoms with Crippen LogP contribution >= 0.6 is 0 Å². The average Bonchev–Trinajstić information content (AvgIpc) is 3.31. The summed E-state index contributed by atoms with van der Waals surface area (Å²) in [6.07, 6.45) is 2.21. The van der Waals surface area contributed by atoms with Gasteiger partial charge in [-0.15, -0.1) is 0 Å². The summed E-state index contributed by atoms with van der Waals surface area (Å²) >= 11 is 0. The van der Waals surface area contributed by atoms with E-state index < -0.39 is 0 Å². The van der Waals surface area contributed by atoms with Crippen LogP contribution in [0, 0.1) is 11.3 Å². The summed E-state index contributed by atoms with van der Waals surface area (Å²) in [6.45, 7) is 3.55. The van der Waals surface area contributed by atoms with Crippen LogP contribution in [0.1, 0.15) is 31.7 Å². The maximum absolute atomic E-state index is 12.2. The quantitative estimate of drug-likeness (QED) is 0.843. The van der Waals surface area contributed by atoms with Crippen LogP contribution in [0.25, 0.3) is 0 Å². The van der Waals surface area contributed by atoms with Crippen molar-refractivity contribution in [1.29, 1.82) is 0 Å². The number of amides is 1. The second-order valence-electron chi connectivity index (χ2n) is 6.04. The molecule has 0 bridgehead atoms. The highest BCUT2D eigenvalue weighted by Gasteiger charge is 2.59. The Hall–Kier alpha value is -1.88. The molecule has 1 heterocycles. The predicted octanol–water partition coefficient (Wildman–Crippen LogP) is 1.99. The minimum Gasteiger partial charge on any atom is -0.466 e. The smallest absolute Gasteiger partial charge is 0.312 e. The number of aliphatic hydroxyl groups is 1. The van der Waals surface area contributed by atoms with E-state index in [0.29, 0.717) is 26.1 Å². The van der Waals surface area contributed by atoms with Crippen LogP contribution in [-0.4, -0.2) is 42.1 Å². The Morgan fingerprint density at radius 3 is 2.52 bits per heavy atom. The molecule has 1 saturated heterocycles. The molecule has 1 aromatic rings. The number of aliphatic hydroxyl groups excluding tert-OH is 1. The topological polar surface area (TPSA) is 66.8 Å². The summed E-state index contributed by atoms with van der Waals surface area (Å²) in [6, 6.07) is 9.98. The van der Waals surface area contributed by atoms with E-state index in [1.807, 2.05) is 42.2 Å². The second kappa shape index (κ2) is 7.59. The molecule has 0 aromatic heterocycles. The molecule has 0 radical (unpaired) electrons. The van der Waals surface area contributed by atoms with E-state index in [-0.39, 0.29) is 23.2 Å². The SMILES string of the molecule is CCOC(=O)C1(C2CC(=O)N(Cc3ccccc3)C2)CC1.CO. The molecule has 1 aliphatic heterocycles. The molecule has 0 spiro atoms. The van der Waals surface area contributed by atoms with Crippen molar-refractivity contribution in [2.45, 2.75) is 32.7 Å². The van der Waals surface area contributed by atoms with Crippen LogP contribution in [0.3, 0.4) is 0 Å². The number of hydrogen-bond acceptors (Lipinski definition) is 4. The summed E-state index contributed by atoms with van der Waals surface area (Å²) in [7, 11) is 1.00. The molecule has 1 aliphatic carbocycles. The number of benzene rings is 1. The first-order chi connectivity index (χ1) is 11.2. The van der Waals surface area contributed by atoms with E-state index >= 15 is 0 Å². The molecular weight excluding hydrogens is 294 g/mol. The molecule has 1 atom stereocenters. The van der Waals surface area contributed by atoms with Crippen molar-refractivity contribution in [1.82, 2.24) is 4.90 Å². The number of rotatable bonds is 5. The van der Waals surface area contributed by atoms with Gasteiger partial charge in [-0.2, -0.15) is 0 Å². The first-order valence-corrected chi connectivity index (χ1v) is 8.09. The lowest BCUT2D eigenvalue weighted by molar-refractivity contribution is -0.151. The van der Waals surface area contributed by atoms with Crippen LogP contribution in [0.5, 0.6) is 0 Å². The Balaban J connectivity index is 0.000000924. The van der Waals surface area contributed by atoms with Gasteiger partial charge in [-0.1, -0.05) is 30.3 Å². The number of likely N-dealkylation sites (tertiary alicyclic amines) is 1. The lowest BCUT2D eigenvalue weighted by Crippen LogP contribution is -2.30. The lowest BCUT2D eigenvalue weighted by Gasteiger charge is -2.21. The summed E-state index contributed by atoms with van der Waals surface area (Å²) in [4.78, 5) is 26.2. The van der Waals surface area contributed by atoms with Gasteiger partial charge >= 0.3 is 5.97 Å². The van der Waals surface area contributed by atoms with E-state index in [1.54, 1.807) is 0 Å². The van der Waals surface area contributed by atoms with Crippen molar-refractivity contribution in [2.24, 2.45) is 11.3 Å². The van der Waals surface area contributed by atoms with Gasteiger partial charge < -0.3 is 14.7 Å². The third kappa shape index (κ3) is 3.72. The molecule has 1 unspecified atom stereocenters. The van der Waals surface area contributed by atoms with E-state index in [2.05, 4.69) is 0 Å². The van der Waals surface area contributed by atoms with Crippen molar-refractivity contribution in [2.75, 3.05) is 20.3 Å². The van der Waals surface area contributed by atoms with Crippen LogP contribution in [0.2, 0.25) is 0 Å². The van der Waals surface area contributed by atoms with E-state index in [0.717, 1.165) is 25.5 Å². The van der Waals surface area contributed by atoms with Crippen molar-refractivity contribution in [3.05, 3.63) is 35.9 Å². The zero-order chi connectivity index (χ0) is 16.9. The third-order valence-corrected chi connectivity index (χ3v) is 4.68. The Morgan fingerprint density at radius 2 is 1.96 bits per heavy atom. The monoisotopic (exact) mass is 319 g/mol. The Kier molecular flexibility index (Phi) is 5.77. The molecule has 1 saturated carbocycles. The van der Waals surface area contributed by atoms with E-state index in [4.69, 9.17) is 9.84 Å². The lowest BCUT2D eigenvalue weighted by atomic mass is 9.88. The van der Waals surface area contributed by atoms with E-state index in [9.17, 15) is 9.59 Å². The molecule has 5 heteroatoms. The van der Waals surface area contributed by atoms with Gasteiger partial charge in [0.15, 0.2) is 0 Å². The van der Waals surface area contributed by atoms with Crippen molar-refractivity contribution in [3.63, 3.8) is 0 Å². The van der Waals surface area contributed by atoms with Gasteiger partial charge in [0, 0.05) is 32.5 Å². The second-order valence-corrected chi connectivity index (χ2v) is 6.04. The normalized spacial score (nSPS) is 21.4. The number of hydrogen-bond donors (Lipinski definition) is 1. The Labute approximate surface area is 137 Å². The van der Waals surface area contributed by atoms with Crippen molar-refractivity contribution >= 4 is 11.9 Å². The first kappa shape index (κ1) is 17.5. The molecule has 5 nitrogen and oxygen atoms in total. The maximum Gasteiger partial charge on any atom is 0.312 e. The van der Waals surface area contributed by atoms with Crippen LogP contribution in [0.4, 0.5) is 0 Å². The van der Waals surface area contributed by atoms with Gasteiger partial charge in [0.25, 0.3) is 0 Å². The summed E-state index contributed by atoms with van der Waals surface area (Å²) in [5.74, 6) is 0.163. The molecule has 23 heavy (non-hydrogen) atoms. The highest BCUT2D eigenvalue weighted by Crippen LogP contribution is 2.56. The zero-order valence-electron chi connectivity index (χ0n) is 13.8. The minimum atomic E-state index is -0.378. The standard InChI is InChI=1S/C17H21NO3.CH4O/c1-2-21-16(20)17(8-9-17)14-10-15(19)18(12-14)11-13-6-4-3-5-7-13;1-2/h3-7,14H,2,8-12H2,1H3;2H,1H3. The number of nitrogens with zero attached hydrogens (tertiary/aromatic N) is 1. The van der Waals surface area contributed by atoms with Gasteiger partial charge in [0.05, 0.1) is 12.0 Å². The van der Waals surface area contributed by atoms with Gasteiger partial charge in [0.1, 0.15) is 0 Å². The summed E-state index contributed by atoms with van der Waals surface area (Å²) < 4.78 is 5.20. The maximum atomic E-state index is 12.2. The summed E-state index contributed by atoms with van der Waals surface area (Å²) in [5.41, 5.74) is 0.754. The van der Waals surface area contributed by atoms with Gasteiger partial charge in [-0.05, 0) is 25.3 Å². The van der Waals surface area contributed by atoms with Crippen LogP contribution in [-0.2, 0) is 20.9 Å². The first-order valence-electron chi connectivity index (χ1n) is 8.09. The Bertz CT molecular complexity index is 539. The zero-order valence-corrected chi connectivity index (χ0v) is 13.8. The molecule has 1 amide bonds. The number of carbonyl (C=O) groups excluding carboxylic acids is 2. The predicted molar refractivity (Wildman–Crippen MR) is 86.4 cm³/mol. The molecule has 1 N–H and O–H groups in total. The van der Waals surface area contributed by atoms with Crippen molar-refractivity contribution < 1.29 is 19.4 Å². The number of carbonyl (C=O) groups is 2. The van der Waals surface area contributed by atoms with Crippen LogP contribution < -0.4 is 0 Å². The Morgan fingerprint density at radius 1 is 1.30 bits per heavy atom. The largest absolute Gasteiger partial charge is 0.466 e. The van der Waals surface area contributed by atoms with Gasteiger partial charge in [-0.3, -0.25) is 9.59 Å². The fraction of sp³-hybridized carbons (Fsp3) is 0.556. The van der Waals surface area contributed by atoms with Crippen molar-refractivity contribution in [3.8, 4) is 0 Å². The molecule has 2 fully saturated rings. The highest BCUT2D eigenvalue weighted by molar-refractivity contribution is 5.84.